The second-order valence-electron chi connectivity index (χ2n) is 8.21. The SMILES string of the molecule is CCOc1ccc(N2C(=O)[C@@H]3[C@@H](ON(c4ccccc4)[C@H]3c3ccc(C(=O)OC)cc3)C2=O)cc1. The molecule has 0 aliphatic carbocycles. The molecule has 0 radical (unpaired) electrons. The molecule has 0 unspecified atom stereocenters. The number of nitrogens with zero attached hydrogens (tertiary/aromatic N) is 2. The molecule has 178 valence electrons. The summed E-state index contributed by atoms with van der Waals surface area (Å²) in [5.74, 6) is -1.32. The minimum Gasteiger partial charge on any atom is -0.494 e. The first-order valence-electron chi connectivity index (χ1n) is 11.3. The first-order chi connectivity index (χ1) is 17.0. The minimum atomic E-state index is -0.973. The lowest BCUT2D eigenvalue weighted by Gasteiger charge is -2.28. The third-order valence-electron chi connectivity index (χ3n) is 6.21. The highest BCUT2D eigenvalue weighted by Gasteiger charge is 2.60. The summed E-state index contributed by atoms with van der Waals surface area (Å²) in [5.41, 5.74) is 2.32. The molecule has 2 fully saturated rings. The number of carbonyl (C=O) groups is 3. The molecule has 3 atom stereocenters. The van der Waals surface area contributed by atoms with Gasteiger partial charge in [0.1, 0.15) is 11.7 Å². The van der Waals surface area contributed by atoms with Gasteiger partial charge in [0.25, 0.3) is 5.91 Å². The molecule has 0 N–H and O–H groups in total. The molecule has 2 aliphatic rings. The summed E-state index contributed by atoms with van der Waals surface area (Å²) >= 11 is 0. The van der Waals surface area contributed by atoms with Gasteiger partial charge >= 0.3 is 5.97 Å². The average Bonchev–Trinajstić information content (AvgIpc) is 3.41. The monoisotopic (exact) mass is 472 g/mol. The number of hydroxylamine groups is 1. The number of amides is 2. The Morgan fingerprint density at radius 2 is 1.57 bits per heavy atom. The molecule has 5 rings (SSSR count). The Kier molecular flexibility index (Phi) is 5.96. The Morgan fingerprint density at radius 3 is 2.20 bits per heavy atom. The highest BCUT2D eigenvalue weighted by Crippen LogP contribution is 2.47. The van der Waals surface area contributed by atoms with Gasteiger partial charge in [0.15, 0.2) is 6.10 Å². The topological polar surface area (TPSA) is 85.4 Å². The van der Waals surface area contributed by atoms with Gasteiger partial charge in [-0.05, 0) is 61.0 Å². The molecular formula is C27H24N2O6. The predicted molar refractivity (Wildman–Crippen MR) is 128 cm³/mol. The van der Waals surface area contributed by atoms with E-state index in [4.69, 9.17) is 14.3 Å². The summed E-state index contributed by atoms with van der Waals surface area (Å²) < 4.78 is 10.3. The highest BCUT2D eigenvalue weighted by molar-refractivity contribution is 6.24. The molecule has 0 saturated carbocycles. The lowest BCUT2D eigenvalue weighted by atomic mass is 9.90. The summed E-state index contributed by atoms with van der Waals surface area (Å²) in [4.78, 5) is 46.3. The molecular weight excluding hydrogens is 448 g/mol. The number of esters is 1. The molecule has 3 aromatic carbocycles. The molecule has 2 amide bonds. The minimum absolute atomic E-state index is 0.343. The Balaban J connectivity index is 1.52. The number of benzene rings is 3. The zero-order valence-electron chi connectivity index (χ0n) is 19.3. The molecule has 2 aliphatic heterocycles. The van der Waals surface area contributed by atoms with Gasteiger partial charge in [0.2, 0.25) is 5.91 Å². The molecule has 2 saturated heterocycles. The Hall–Kier alpha value is -4.17. The number of hydrogen-bond acceptors (Lipinski definition) is 7. The summed E-state index contributed by atoms with van der Waals surface area (Å²) in [5, 5.41) is 1.62. The van der Waals surface area contributed by atoms with Crippen molar-refractivity contribution in [1.29, 1.82) is 0 Å². The number of rotatable bonds is 6. The molecule has 3 aromatic rings. The van der Waals surface area contributed by atoms with E-state index in [9.17, 15) is 14.4 Å². The number of para-hydroxylation sites is 1. The smallest absolute Gasteiger partial charge is 0.337 e. The van der Waals surface area contributed by atoms with E-state index in [2.05, 4.69) is 0 Å². The Labute approximate surface area is 202 Å². The molecule has 0 bridgehead atoms. The number of methoxy groups -OCH3 is 1. The van der Waals surface area contributed by atoms with Crippen LogP contribution in [0.3, 0.4) is 0 Å². The fourth-order valence-corrected chi connectivity index (χ4v) is 4.60. The Morgan fingerprint density at radius 1 is 0.886 bits per heavy atom. The van der Waals surface area contributed by atoms with Crippen molar-refractivity contribution in [1.82, 2.24) is 0 Å². The van der Waals surface area contributed by atoms with E-state index in [-0.39, 0.29) is 5.91 Å². The number of imide groups is 1. The summed E-state index contributed by atoms with van der Waals surface area (Å²) in [7, 11) is 1.32. The van der Waals surface area contributed by atoms with Gasteiger partial charge in [-0.3, -0.25) is 14.4 Å². The van der Waals surface area contributed by atoms with Crippen molar-refractivity contribution in [2.24, 2.45) is 5.92 Å². The second-order valence-corrected chi connectivity index (χ2v) is 8.21. The fraction of sp³-hybridized carbons (Fsp3) is 0.222. The zero-order chi connectivity index (χ0) is 24.5. The van der Waals surface area contributed by atoms with Gasteiger partial charge in [-0.15, -0.1) is 0 Å². The third kappa shape index (κ3) is 3.91. The second kappa shape index (κ2) is 9.23. The van der Waals surface area contributed by atoms with Crippen LogP contribution in [-0.4, -0.2) is 37.6 Å². The van der Waals surface area contributed by atoms with Gasteiger partial charge in [-0.1, -0.05) is 30.3 Å². The molecule has 0 spiro atoms. The number of anilines is 2. The lowest BCUT2D eigenvalue weighted by Crippen LogP contribution is -2.37. The zero-order valence-corrected chi connectivity index (χ0v) is 19.3. The maximum absolute atomic E-state index is 13.7. The maximum Gasteiger partial charge on any atom is 0.337 e. The van der Waals surface area contributed by atoms with Crippen molar-refractivity contribution >= 4 is 29.2 Å². The number of carbonyl (C=O) groups excluding carboxylic acids is 3. The van der Waals surface area contributed by atoms with Crippen LogP contribution in [0.4, 0.5) is 11.4 Å². The van der Waals surface area contributed by atoms with Crippen molar-refractivity contribution < 1.29 is 28.7 Å². The van der Waals surface area contributed by atoms with E-state index in [1.807, 2.05) is 37.3 Å². The van der Waals surface area contributed by atoms with Gasteiger partial charge in [-0.25, -0.2) is 14.8 Å². The van der Waals surface area contributed by atoms with Crippen LogP contribution in [0.25, 0.3) is 0 Å². The van der Waals surface area contributed by atoms with Crippen LogP contribution in [0.15, 0.2) is 78.9 Å². The van der Waals surface area contributed by atoms with Crippen molar-refractivity contribution in [2.45, 2.75) is 19.1 Å². The first-order valence-corrected chi connectivity index (χ1v) is 11.3. The number of fused-ring (bicyclic) bond motifs is 1. The quantitative estimate of drug-likeness (QED) is 0.397. The van der Waals surface area contributed by atoms with Gasteiger partial charge < -0.3 is 9.47 Å². The third-order valence-corrected chi connectivity index (χ3v) is 6.21. The van der Waals surface area contributed by atoms with E-state index in [1.54, 1.807) is 53.6 Å². The van der Waals surface area contributed by atoms with E-state index in [1.165, 1.54) is 12.0 Å². The van der Waals surface area contributed by atoms with E-state index < -0.39 is 29.9 Å². The van der Waals surface area contributed by atoms with Crippen LogP contribution >= 0.6 is 0 Å². The number of ether oxygens (including phenoxy) is 2. The van der Waals surface area contributed by atoms with Crippen LogP contribution in [0.1, 0.15) is 28.9 Å². The van der Waals surface area contributed by atoms with Gasteiger partial charge in [-0.2, -0.15) is 0 Å². The normalized spacial score (nSPS) is 21.3. The summed E-state index contributed by atoms with van der Waals surface area (Å²) in [6.07, 6.45) is -0.973. The van der Waals surface area contributed by atoms with Gasteiger partial charge in [0.05, 0.1) is 36.7 Å². The van der Waals surface area contributed by atoms with Crippen molar-refractivity contribution in [2.75, 3.05) is 23.7 Å². The van der Waals surface area contributed by atoms with Crippen LogP contribution in [0.5, 0.6) is 5.75 Å². The molecule has 2 heterocycles. The highest BCUT2D eigenvalue weighted by atomic mass is 16.7. The van der Waals surface area contributed by atoms with Crippen molar-refractivity contribution in [3.05, 3.63) is 90.0 Å². The van der Waals surface area contributed by atoms with Crippen LogP contribution in [0.2, 0.25) is 0 Å². The molecule has 35 heavy (non-hydrogen) atoms. The standard InChI is InChI=1S/C27H24N2O6/c1-3-34-21-15-13-19(14-16-21)28-25(30)22-23(17-9-11-18(12-10-17)27(32)33-2)29(35-24(22)26(28)31)20-7-5-4-6-8-20/h4-16,22-24H,3H2,1-2H3/t22-,23-,24+/m0/s1. The fourth-order valence-electron chi connectivity index (χ4n) is 4.60. The largest absolute Gasteiger partial charge is 0.494 e. The van der Waals surface area contributed by atoms with E-state index >= 15 is 0 Å². The van der Waals surface area contributed by atoms with E-state index in [0.29, 0.717) is 23.6 Å². The van der Waals surface area contributed by atoms with Crippen LogP contribution < -0.4 is 14.7 Å². The Bertz CT molecular complexity index is 1240. The average molecular weight is 472 g/mol. The molecule has 8 heteroatoms. The van der Waals surface area contributed by atoms with E-state index in [0.717, 1.165) is 11.3 Å². The van der Waals surface area contributed by atoms with Crippen LogP contribution in [0, 0.1) is 5.92 Å². The first kappa shape index (κ1) is 22.6. The van der Waals surface area contributed by atoms with Crippen molar-refractivity contribution in [3.63, 3.8) is 0 Å². The van der Waals surface area contributed by atoms with Crippen molar-refractivity contribution in [3.8, 4) is 5.75 Å². The number of hydrogen-bond donors (Lipinski definition) is 0. The van der Waals surface area contributed by atoms with Crippen LogP contribution in [-0.2, 0) is 19.2 Å². The summed E-state index contributed by atoms with van der Waals surface area (Å²) in [6.45, 7) is 2.40. The summed E-state index contributed by atoms with van der Waals surface area (Å²) in [6, 6.07) is 22.4. The lowest BCUT2D eigenvalue weighted by molar-refractivity contribution is -0.126. The predicted octanol–water partition coefficient (Wildman–Crippen LogP) is 3.92. The molecule has 0 aromatic heterocycles. The molecule has 8 nitrogen and oxygen atoms in total. The maximum atomic E-state index is 13.7. The van der Waals surface area contributed by atoms with Gasteiger partial charge in [0, 0.05) is 0 Å².